The third kappa shape index (κ3) is 3.94. The molecule has 1 aliphatic rings. The van der Waals surface area contributed by atoms with Gasteiger partial charge in [0.1, 0.15) is 29.1 Å². The Hall–Kier alpha value is -3.87. The monoisotopic (exact) mass is 418 g/mol. The van der Waals surface area contributed by atoms with Gasteiger partial charge in [0.15, 0.2) is 0 Å². The highest BCUT2D eigenvalue weighted by molar-refractivity contribution is 6.46. The Morgan fingerprint density at radius 3 is 2.71 bits per heavy atom. The maximum absolute atomic E-state index is 13.0. The molecule has 7 heteroatoms. The summed E-state index contributed by atoms with van der Waals surface area (Å²) in [6.45, 7) is 4.25. The molecule has 4 rings (SSSR count). The van der Waals surface area contributed by atoms with Crippen molar-refractivity contribution in [3.8, 4) is 5.75 Å². The fraction of sp³-hybridized carbons (Fsp3) is 0.208. The van der Waals surface area contributed by atoms with Gasteiger partial charge < -0.3 is 19.2 Å². The molecule has 1 atom stereocenters. The minimum absolute atomic E-state index is 0.0168. The van der Waals surface area contributed by atoms with E-state index in [0.29, 0.717) is 29.4 Å². The first-order valence-corrected chi connectivity index (χ1v) is 9.96. The molecule has 0 spiro atoms. The second-order valence-corrected chi connectivity index (χ2v) is 7.20. The number of aromatic nitrogens is 1. The molecule has 3 heterocycles. The van der Waals surface area contributed by atoms with Gasteiger partial charge in [0, 0.05) is 24.5 Å². The molecule has 3 aromatic rings. The van der Waals surface area contributed by atoms with E-state index >= 15 is 0 Å². The lowest BCUT2D eigenvalue weighted by Crippen LogP contribution is -2.29. The zero-order chi connectivity index (χ0) is 22.0. The summed E-state index contributed by atoms with van der Waals surface area (Å²) in [7, 11) is 0. The Kier molecular flexibility index (Phi) is 5.58. The number of likely N-dealkylation sites (tertiary alicyclic amines) is 1. The second kappa shape index (κ2) is 8.47. The number of hydrogen-bond acceptors (Lipinski definition) is 6. The number of pyridine rings is 1. The van der Waals surface area contributed by atoms with E-state index in [4.69, 9.17) is 9.15 Å². The number of aliphatic hydroxyl groups excluding tert-OH is 1. The molecule has 158 valence electrons. The molecular weight excluding hydrogens is 396 g/mol. The zero-order valence-electron chi connectivity index (χ0n) is 17.2. The van der Waals surface area contributed by atoms with Gasteiger partial charge in [-0.05, 0) is 49.7 Å². The fourth-order valence-electron chi connectivity index (χ4n) is 3.68. The van der Waals surface area contributed by atoms with E-state index in [2.05, 4.69) is 4.98 Å². The van der Waals surface area contributed by atoms with Gasteiger partial charge >= 0.3 is 0 Å². The fourth-order valence-corrected chi connectivity index (χ4v) is 3.68. The molecule has 0 unspecified atom stereocenters. The van der Waals surface area contributed by atoms with Crippen LogP contribution in [-0.2, 0) is 16.1 Å². The van der Waals surface area contributed by atoms with Crippen molar-refractivity contribution in [3.05, 3.63) is 89.1 Å². The lowest BCUT2D eigenvalue weighted by molar-refractivity contribution is -0.140. The number of rotatable bonds is 6. The third-order valence-corrected chi connectivity index (χ3v) is 5.06. The zero-order valence-corrected chi connectivity index (χ0v) is 17.2. The highest BCUT2D eigenvalue weighted by Crippen LogP contribution is 2.41. The molecule has 1 fully saturated rings. The molecule has 0 bridgehead atoms. The van der Waals surface area contributed by atoms with Gasteiger partial charge in [0.05, 0.1) is 12.2 Å². The van der Waals surface area contributed by atoms with E-state index in [-0.39, 0.29) is 17.9 Å². The number of nitrogens with zero attached hydrogens (tertiary/aromatic N) is 2. The van der Waals surface area contributed by atoms with Crippen molar-refractivity contribution < 1.29 is 23.8 Å². The van der Waals surface area contributed by atoms with Crippen LogP contribution in [0.5, 0.6) is 5.75 Å². The van der Waals surface area contributed by atoms with E-state index < -0.39 is 17.7 Å². The number of furan rings is 1. The van der Waals surface area contributed by atoms with Crippen LogP contribution in [0.25, 0.3) is 5.76 Å². The van der Waals surface area contributed by atoms with Crippen LogP contribution in [0.2, 0.25) is 0 Å². The van der Waals surface area contributed by atoms with E-state index in [9.17, 15) is 14.7 Å². The molecular formula is C24H22N2O5. The lowest BCUT2D eigenvalue weighted by Gasteiger charge is -2.23. The van der Waals surface area contributed by atoms with Crippen molar-refractivity contribution in [2.45, 2.75) is 26.4 Å². The molecule has 1 N–H and O–H groups in total. The molecule has 1 aliphatic heterocycles. The largest absolute Gasteiger partial charge is 0.507 e. The number of amides is 1. The summed E-state index contributed by atoms with van der Waals surface area (Å²) in [6, 6.07) is 13.0. The summed E-state index contributed by atoms with van der Waals surface area (Å²) in [5.74, 6) is -0.134. The van der Waals surface area contributed by atoms with Crippen LogP contribution in [-0.4, -0.2) is 33.3 Å². The topological polar surface area (TPSA) is 92.9 Å². The second-order valence-electron chi connectivity index (χ2n) is 7.20. The third-order valence-electron chi connectivity index (χ3n) is 5.06. The van der Waals surface area contributed by atoms with Crippen LogP contribution >= 0.6 is 0 Å². The van der Waals surface area contributed by atoms with Crippen LogP contribution in [0.4, 0.5) is 0 Å². The van der Waals surface area contributed by atoms with Gasteiger partial charge in [-0.25, -0.2) is 0 Å². The molecule has 0 aliphatic carbocycles. The summed E-state index contributed by atoms with van der Waals surface area (Å²) in [6.07, 6.45) is 3.27. The van der Waals surface area contributed by atoms with Gasteiger partial charge in [-0.1, -0.05) is 18.2 Å². The summed E-state index contributed by atoms with van der Waals surface area (Å²) >= 11 is 0. The first-order chi connectivity index (χ1) is 15.0. The standard InChI is InChI=1S/C24H22N2O5/c1-3-30-18-8-4-7-17(12-18)22(27)20-21(19-10-9-15(2)31-19)26(24(29)23(20)28)14-16-6-5-11-25-13-16/h4-13,21,27H,3,14H2,1-2H3/t21-/m0/s1. The average Bonchev–Trinajstić information content (AvgIpc) is 3.31. The lowest BCUT2D eigenvalue weighted by atomic mass is 9.99. The normalized spacial score (nSPS) is 17.9. The average molecular weight is 418 g/mol. The van der Waals surface area contributed by atoms with Crippen LogP contribution in [0.15, 0.2) is 70.9 Å². The van der Waals surface area contributed by atoms with Crippen molar-refractivity contribution in [1.29, 1.82) is 0 Å². The van der Waals surface area contributed by atoms with E-state index in [1.807, 2.05) is 13.0 Å². The van der Waals surface area contributed by atoms with Crippen LogP contribution in [0, 0.1) is 6.92 Å². The smallest absolute Gasteiger partial charge is 0.296 e. The Balaban J connectivity index is 1.83. The summed E-state index contributed by atoms with van der Waals surface area (Å²) in [5.41, 5.74) is 1.13. The number of carbonyl (C=O) groups excluding carboxylic acids is 2. The maximum Gasteiger partial charge on any atom is 0.296 e. The molecule has 0 radical (unpaired) electrons. The van der Waals surface area contributed by atoms with Crippen LogP contribution < -0.4 is 4.74 Å². The predicted molar refractivity (Wildman–Crippen MR) is 113 cm³/mol. The van der Waals surface area contributed by atoms with Crippen molar-refractivity contribution >= 4 is 17.4 Å². The minimum Gasteiger partial charge on any atom is -0.507 e. The molecule has 31 heavy (non-hydrogen) atoms. The first-order valence-electron chi connectivity index (χ1n) is 9.96. The van der Waals surface area contributed by atoms with Gasteiger partial charge in [-0.15, -0.1) is 0 Å². The first kappa shape index (κ1) is 20.4. The summed E-state index contributed by atoms with van der Waals surface area (Å²) in [4.78, 5) is 31.5. The predicted octanol–water partition coefficient (Wildman–Crippen LogP) is 4.00. The quantitative estimate of drug-likeness (QED) is 0.369. The van der Waals surface area contributed by atoms with Crippen molar-refractivity contribution in [3.63, 3.8) is 0 Å². The Labute approximate surface area is 179 Å². The SMILES string of the molecule is CCOc1cccc(C(O)=C2C(=O)C(=O)N(Cc3cccnc3)[C@H]2c2ccc(C)o2)c1. The van der Waals surface area contributed by atoms with E-state index in [1.54, 1.807) is 61.8 Å². The van der Waals surface area contributed by atoms with Gasteiger partial charge in [0.25, 0.3) is 11.7 Å². The number of ether oxygens (including phenoxy) is 1. The van der Waals surface area contributed by atoms with Crippen molar-refractivity contribution in [2.24, 2.45) is 0 Å². The Morgan fingerprint density at radius 1 is 1.19 bits per heavy atom. The highest BCUT2D eigenvalue weighted by Gasteiger charge is 2.47. The number of carbonyl (C=O) groups is 2. The number of benzene rings is 1. The number of Topliss-reactive ketones (excluding diaryl/α,β-unsaturated/α-hetero) is 1. The minimum atomic E-state index is -0.857. The maximum atomic E-state index is 13.0. The molecule has 1 aromatic carbocycles. The highest BCUT2D eigenvalue weighted by atomic mass is 16.5. The summed E-state index contributed by atoms with van der Waals surface area (Å²) in [5, 5.41) is 11.1. The molecule has 0 saturated carbocycles. The van der Waals surface area contributed by atoms with Crippen LogP contribution in [0.1, 0.15) is 35.6 Å². The number of ketones is 1. The number of aliphatic hydroxyl groups is 1. The van der Waals surface area contributed by atoms with Gasteiger partial charge in [-0.3, -0.25) is 14.6 Å². The van der Waals surface area contributed by atoms with E-state index in [0.717, 1.165) is 5.56 Å². The van der Waals surface area contributed by atoms with Gasteiger partial charge in [0.2, 0.25) is 0 Å². The van der Waals surface area contributed by atoms with Crippen LogP contribution in [0.3, 0.4) is 0 Å². The van der Waals surface area contributed by atoms with Crippen molar-refractivity contribution in [2.75, 3.05) is 6.61 Å². The number of aryl methyl sites for hydroxylation is 1. The molecule has 1 saturated heterocycles. The Morgan fingerprint density at radius 2 is 2.03 bits per heavy atom. The van der Waals surface area contributed by atoms with Gasteiger partial charge in [-0.2, -0.15) is 0 Å². The molecule has 1 amide bonds. The molecule has 7 nitrogen and oxygen atoms in total. The van der Waals surface area contributed by atoms with E-state index in [1.165, 1.54) is 4.90 Å². The Bertz CT molecular complexity index is 1150. The summed E-state index contributed by atoms with van der Waals surface area (Å²) < 4.78 is 11.3. The van der Waals surface area contributed by atoms with Crippen molar-refractivity contribution in [1.82, 2.24) is 9.88 Å². The number of hydrogen-bond donors (Lipinski definition) is 1. The molecule has 2 aromatic heterocycles.